The quantitative estimate of drug-likeness (QED) is 0.374. The zero-order valence-corrected chi connectivity index (χ0v) is 14.5. The molecule has 0 spiro atoms. The number of anilines is 2. The summed E-state index contributed by atoms with van der Waals surface area (Å²) in [5.41, 5.74) is 1.82. The summed E-state index contributed by atoms with van der Waals surface area (Å²) in [5.74, 6) is -0.314. The number of nitrogens with zero attached hydrogens (tertiary/aromatic N) is 4. The first-order valence-electron chi connectivity index (χ1n) is 7.88. The lowest BCUT2D eigenvalue weighted by molar-refractivity contribution is -0.105. The molecule has 9 nitrogen and oxygen atoms in total. The van der Waals surface area contributed by atoms with Gasteiger partial charge in [0.1, 0.15) is 0 Å². The fraction of sp³-hybridized carbons (Fsp3) is 0.125. The van der Waals surface area contributed by atoms with Crippen molar-refractivity contribution in [2.24, 2.45) is 0 Å². The molecule has 3 aromatic heterocycles. The summed E-state index contributed by atoms with van der Waals surface area (Å²) in [6.45, 7) is -0.00305. The number of hydrogen-bond acceptors (Lipinski definition) is 6. The third kappa shape index (κ3) is 2.84. The third-order valence-electron chi connectivity index (χ3n) is 4.01. The van der Waals surface area contributed by atoms with Gasteiger partial charge in [0.05, 0.1) is 47.1 Å². The number of fused-ring (bicyclic) bond motifs is 2. The Morgan fingerprint density at radius 3 is 3.00 bits per heavy atom. The van der Waals surface area contributed by atoms with Gasteiger partial charge in [-0.3, -0.25) is 14.9 Å². The molecule has 138 valence electrons. The molecule has 0 saturated carbocycles. The number of carbonyl (C=O) groups excluding carboxylic acids is 1. The molecule has 0 saturated heterocycles. The van der Waals surface area contributed by atoms with Crippen LogP contribution in [0.15, 0.2) is 24.8 Å². The van der Waals surface area contributed by atoms with E-state index in [0.29, 0.717) is 40.0 Å². The number of halogens is 2. The maximum Gasteiger partial charge on any atom is 0.212 e. The minimum atomic E-state index is -0.673. The number of aromatic nitrogens is 5. The van der Waals surface area contributed by atoms with Crippen LogP contribution >= 0.6 is 11.6 Å². The molecule has 0 aliphatic rings. The van der Waals surface area contributed by atoms with Gasteiger partial charge in [0.2, 0.25) is 6.41 Å². The van der Waals surface area contributed by atoms with Crippen molar-refractivity contribution in [1.82, 2.24) is 24.6 Å². The number of imidazole rings is 1. The number of nitrogens with one attached hydrogen (secondary N) is 3. The number of carbonyl (C=O) groups is 1. The summed E-state index contributed by atoms with van der Waals surface area (Å²) in [5, 5.41) is 21.4. The van der Waals surface area contributed by atoms with Gasteiger partial charge in [0.15, 0.2) is 17.3 Å². The fourth-order valence-corrected chi connectivity index (χ4v) is 3.16. The SMILES string of the molecule is O=CNc1cn2cc(-c3c(Cl)c(F)c(NCCO)c4[nH]ncc34)ncc2n1. The minimum absolute atomic E-state index is 0.123. The van der Waals surface area contributed by atoms with Crippen molar-refractivity contribution in [3.05, 3.63) is 35.6 Å². The number of H-pyrrole nitrogens is 1. The molecule has 0 fully saturated rings. The molecule has 0 radical (unpaired) electrons. The standard InChI is InChI=1S/C16H13ClFN7O2/c17-13-12(8-3-22-24-15(8)16(14(13)18)19-1-2-26)9-5-25-6-10(21-7-27)23-11(25)4-20-9/h3-7,19,26H,1-2H2,(H,21,27)(H,22,24). The summed E-state index contributed by atoms with van der Waals surface area (Å²) in [7, 11) is 0. The van der Waals surface area contributed by atoms with Gasteiger partial charge >= 0.3 is 0 Å². The average Bonchev–Trinajstić information content (AvgIpc) is 3.28. The zero-order valence-electron chi connectivity index (χ0n) is 13.7. The van der Waals surface area contributed by atoms with E-state index < -0.39 is 5.82 Å². The molecule has 0 bridgehead atoms. The van der Waals surface area contributed by atoms with Crippen LogP contribution in [0.5, 0.6) is 0 Å². The van der Waals surface area contributed by atoms with Crippen LogP contribution in [0.3, 0.4) is 0 Å². The minimum Gasteiger partial charge on any atom is -0.395 e. The Morgan fingerprint density at radius 1 is 1.37 bits per heavy atom. The van der Waals surface area contributed by atoms with E-state index in [2.05, 4.69) is 30.8 Å². The van der Waals surface area contributed by atoms with Crippen molar-refractivity contribution in [3.8, 4) is 11.3 Å². The summed E-state index contributed by atoms with van der Waals surface area (Å²) >= 11 is 6.31. The van der Waals surface area contributed by atoms with Crippen LogP contribution in [-0.2, 0) is 4.79 Å². The van der Waals surface area contributed by atoms with Crippen molar-refractivity contribution >= 4 is 46.1 Å². The number of aliphatic hydroxyl groups is 1. The Hall–Kier alpha value is -3.24. The second-order valence-corrected chi connectivity index (χ2v) is 5.99. The topological polar surface area (TPSA) is 120 Å². The van der Waals surface area contributed by atoms with E-state index in [4.69, 9.17) is 16.7 Å². The number of aromatic amines is 1. The smallest absolute Gasteiger partial charge is 0.212 e. The number of hydrogen-bond donors (Lipinski definition) is 4. The molecular formula is C16H13ClFN7O2. The van der Waals surface area contributed by atoms with Gasteiger partial charge in [-0.1, -0.05) is 11.6 Å². The van der Waals surface area contributed by atoms with Crippen LogP contribution in [-0.4, -0.2) is 49.2 Å². The molecule has 0 unspecified atom stereocenters. The second-order valence-electron chi connectivity index (χ2n) is 5.61. The van der Waals surface area contributed by atoms with Gasteiger partial charge in [-0.2, -0.15) is 5.10 Å². The monoisotopic (exact) mass is 389 g/mol. The van der Waals surface area contributed by atoms with Gasteiger partial charge in [-0.25, -0.2) is 9.37 Å². The second kappa shape index (κ2) is 6.82. The number of rotatable bonds is 6. The van der Waals surface area contributed by atoms with Crippen LogP contribution < -0.4 is 10.6 Å². The molecule has 11 heteroatoms. The fourth-order valence-electron chi connectivity index (χ4n) is 2.87. The summed E-state index contributed by atoms with van der Waals surface area (Å²) < 4.78 is 16.5. The molecule has 4 rings (SSSR count). The molecule has 3 heterocycles. The zero-order chi connectivity index (χ0) is 19.0. The average molecular weight is 390 g/mol. The lowest BCUT2D eigenvalue weighted by atomic mass is 10.1. The van der Waals surface area contributed by atoms with E-state index in [1.165, 1.54) is 12.4 Å². The Bertz CT molecular complexity index is 1160. The molecule has 4 aromatic rings. The van der Waals surface area contributed by atoms with E-state index in [9.17, 15) is 9.18 Å². The van der Waals surface area contributed by atoms with Crippen LogP contribution in [0.25, 0.3) is 27.8 Å². The van der Waals surface area contributed by atoms with Crippen molar-refractivity contribution in [2.75, 3.05) is 23.8 Å². The largest absolute Gasteiger partial charge is 0.395 e. The van der Waals surface area contributed by atoms with Crippen LogP contribution in [0.4, 0.5) is 15.9 Å². The molecule has 0 atom stereocenters. The maximum atomic E-state index is 14.9. The normalized spacial score (nSPS) is 11.2. The Labute approximate surface area is 156 Å². The predicted octanol–water partition coefficient (Wildman–Crippen LogP) is 2.04. The Kier molecular flexibility index (Phi) is 4.34. The molecule has 27 heavy (non-hydrogen) atoms. The van der Waals surface area contributed by atoms with Crippen molar-refractivity contribution in [1.29, 1.82) is 0 Å². The first kappa shape index (κ1) is 17.2. The lowest BCUT2D eigenvalue weighted by Gasteiger charge is -2.13. The van der Waals surface area contributed by atoms with Crippen LogP contribution in [0.2, 0.25) is 5.02 Å². The molecule has 1 amide bonds. The van der Waals surface area contributed by atoms with E-state index in [1.807, 2.05) is 0 Å². The summed E-state index contributed by atoms with van der Waals surface area (Å²) in [6, 6.07) is 0. The first-order chi connectivity index (χ1) is 13.1. The molecular weight excluding hydrogens is 377 g/mol. The number of amides is 1. The van der Waals surface area contributed by atoms with E-state index in [0.717, 1.165) is 0 Å². The highest BCUT2D eigenvalue weighted by Crippen LogP contribution is 2.40. The van der Waals surface area contributed by atoms with Gasteiger partial charge in [0, 0.05) is 23.7 Å². The Morgan fingerprint density at radius 2 is 2.22 bits per heavy atom. The first-order valence-corrected chi connectivity index (χ1v) is 8.26. The molecule has 4 N–H and O–H groups in total. The van der Waals surface area contributed by atoms with Gasteiger partial charge in [-0.15, -0.1) is 0 Å². The van der Waals surface area contributed by atoms with Crippen molar-refractivity contribution < 1.29 is 14.3 Å². The highest BCUT2D eigenvalue weighted by atomic mass is 35.5. The summed E-state index contributed by atoms with van der Waals surface area (Å²) in [6.07, 6.45) is 6.77. The highest BCUT2D eigenvalue weighted by Gasteiger charge is 2.22. The molecule has 1 aromatic carbocycles. The van der Waals surface area contributed by atoms with Gasteiger partial charge in [0.25, 0.3) is 0 Å². The maximum absolute atomic E-state index is 14.9. The number of aliphatic hydroxyl groups excluding tert-OH is 1. The van der Waals surface area contributed by atoms with Crippen LogP contribution in [0, 0.1) is 5.82 Å². The van der Waals surface area contributed by atoms with E-state index in [-0.39, 0.29) is 23.9 Å². The van der Waals surface area contributed by atoms with E-state index >= 15 is 0 Å². The van der Waals surface area contributed by atoms with Crippen molar-refractivity contribution in [2.45, 2.75) is 0 Å². The van der Waals surface area contributed by atoms with E-state index in [1.54, 1.807) is 16.8 Å². The molecule has 0 aliphatic heterocycles. The highest BCUT2D eigenvalue weighted by molar-refractivity contribution is 6.35. The van der Waals surface area contributed by atoms with Gasteiger partial charge in [-0.05, 0) is 0 Å². The third-order valence-corrected chi connectivity index (χ3v) is 4.36. The van der Waals surface area contributed by atoms with Crippen molar-refractivity contribution in [3.63, 3.8) is 0 Å². The van der Waals surface area contributed by atoms with Crippen LogP contribution in [0.1, 0.15) is 0 Å². The summed E-state index contributed by atoms with van der Waals surface area (Å²) in [4.78, 5) is 19.1. The predicted molar refractivity (Wildman–Crippen MR) is 98.3 cm³/mol. The van der Waals surface area contributed by atoms with Gasteiger partial charge < -0.3 is 20.1 Å². The lowest BCUT2D eigenvalue weighted by Crippen LogP contribution is -2.08. The number of benzene rings is 1. The molecule has 0 aliphatic carbocycles. The Balaban J connectivity index is 1.91.